The van der Waals surface area contributed by atoms with Crippen molar-refractivity contribution in [3.05, 3.63) is 35.6 Å². The fourth-order valence-electron chi connectivity index (χ4n) is 0.988. The van der Waals surface area contributed by atoms with Crippen LogP contribution in [0.1, 0.15) is 5.56 Å². The SMILES string of the molecule is N[C@H](CO)COCc1ccccc1F. The summed E-state index contributed by atoms with van der Waals surface area (Å²) in [6, 6.07) is 6.00. The van der Waals surface area contributed by atoms with Gasteiger partial charge in [-0.15, -0.1) is 0 Å². The molecule has 4 heteroatoms. The number of aliphatic hydroxyl groups excluding tert-OH is 1. The van der Waals surface area contributed by atoms with Crippen molar-refractivity contribution in [2.75, 3.05) is 13.2 Å². The van der Waals surface area contributed by atoms with Crippen molar-refractivity contribution >= 4 is 0 Å². The van der Waals surface area contributed by atoms with E-state index in [1.54, 1.807) is 18.2 Å². The van der Waals surface area contributed by atoms with Crippen LogP contribution in [0.25, 0.3) is 0 Å². The summed E-state index contributed by atoms with van der Waals surface area (Å²) in [5.41, 5.74) is 5.90. The summed E-state index contributed by atoms with van der Waals surface area (Å²) in [6.45, 7) is 0.280. The lowest BCUT2D eigenvalue weighted by Crippen LogP contribution is -2.29. The fourth-order valence-corrected chi connectivity index (χ4v) is 0.988. The van der Waals surface area contributed by atoms with Crippen molar-refractivity contribution in [1.82, 2.24) is 0 Å². The van der Waals surface area contributed by atoms with Gasteiger partial charge in [0.2, 0.25) is 0 Å². The molecule has 0 aromatic heterocycles. The number of nitrogens with two attached hydrogens (primary N) is 1. The van der Waals surface area contributed by atoms with E-state index < -0.39 is 6.04 Å². The second-order valence-electron chi connectivity index (χ2n) is 3.05. The Morgan fingerprint density at radius 2 is 2.14 bits per heavy atom. The first-order valence-electron chi connectivity index (χ1n) is 4.41. The van der Waals surface area contributed by atoms with E-state index in [-0.39, 0.29) is 25.6 Å². The highest BCUT2D eigenvalue weighted by Gasteiger charge is 2.03. The van der Waals surface area contributed by atoms with E-state index in [2.05, 4.69) is 0 Å². The second kappa shape index (κ2) is 5.70. The molecule has 3 nitrogen and oxygen atoms in total. The van der Waals surface area contributed by atoms with E-state index >= 15 is 0 Å². The lowest BCUT2D eigenvalue weighted by Gasteiger charge is -2.09. The topological polar surface area (TPSA) is 55.5 Å². The van der Waals surface area contributed by atoms with Gasteiger partial charge in [0.25, 0.3) is 0 Å². The summed E-state index contributed by atoms with van der Waals surface area (Å²) in [4.78, 5) is 0. The molecule has 1 aromatic carbocycles. The number of halogens is 1. The quantitative estimate of drug-likeness (QED) is 0.732. The largest absolute Gasteiger partial charge is 0.395 e. The predicted octanol–water partition coefficient (Wildman–Crippen LogP) is 0.662. The molecule has 1 rings (SSSR count). The molecule has 0 amide bonds. The van der Waals surface area contributed by atoms with Crippen LogP contribution in [0.5, 0.6) is 0 Å². The average Bonchev–Trinajstić information content (AvgIpc) is 2.20. The molecule has 1 aromatic rings. The van der Waals surface area contributed by atoms with Crippen LogP contribution in [-0.4, -0.2) is 24.4 Å². The molecule has 14 heavy (non-hydrogen) atoms. The minimum Gasteiger partial charge on any atom is -0.395 e. The van der Waals surface area contributed by atoms with E-state index in [1.807, 2.05) is 0 Å². The van der Waals surface area contributed by atoms with Gasteiger partial charge in [0.05, 0.1) is 25.9 Å². The molecule has 78 valence electrons. The van der Waals surface area contributed by atoms with Gasteiger partial charge in [-0.05, 0) is 6.07 Å². The van der Waals surface area contributed by atoms with Crippen LogP contribution >= 0.6 is 0 Å². The van der Waals surface area contributed by atoms with Crippen LogP contribution in [0, 0.1) is 5.82 Å². The Morgan fingerprint density at radius 1 is 1.43 bits per heavy atom. The zero-order valence-corrected chi connectivity index (χ0v) is 7.82. The monoisotopic (exact) mass is 199 g/mol. The number of hydrogen-bond acceptors (Lipinski definition) is 3. The highest BCUT2D eigenvalue weighted by Crippen LogP contribution is 2.07. The summed E-state index contributed by atoms with van der Waals surface area (Å²) in [6.07, 6.45) is 0. The van der Waals surface area contributed by atoms with Gasteiger partial charge >= 0.3 is 0 Å². The molecule has 0 unspecified atom stereocenters. The van der Waals surface area contributed by atoms with Crippen molar-refractivity contribution in [2.24, 2.45) is 5.73 Å². The number of hydrogen-bond donors (Lipinski definition) is 2. The Bertz CT molecular complexity index is 281. The van der Waals surface area contributed by atoms with Crippen LogP contribution in [0.2, 0.25) is 0 Å². The van der Waals surface area contributed by atoms with Gasteiger partial charge in [-0.25, -0.2) is 4.39 Å². The van der Waals surface area contributed by atoms with E-state index in [0.29, 0.717) is 5.56 Å². The van der Waals surface area contributed by atoms with Crippen LogP contribution < -0.4 is 5.73 Å². The normalized spacial score (nSPS) is 12.8. The van der Waals surface area contributed by atoms with Gasteiger partial charge in [0, 0.05) is 5.56 Å². The summed E-state index contributed by atoms with van der Waals surface area (Å²) < 4.78 is 18.2. The van der Waals surface area contributed by atoms with Crippen molar-refractivity contribution < 1.29 is 14.2 Å². The minimum atomic E-state index is -0.401. The molecule has 0 bridgehead atoms. The molecule has 0 aliphatic heterocycles. The van der Waals surface area contributed by atoms with Crippen molar-refractivity contribution in [1.29, 1.82) is 0 Å². The van der Waals surface area contributed by atoms with Crippen molar-refractivity contribution in [3.63, 3.8) is 0 Å². The Hall–Kier alpha value is -0.970. The number of benzene rings is 1. The summed E-state index contributed by atoms with van der Waals surface area (Å²) in [5, 5.41) is 8.61. The number of aliphatic hydroxyl groups is 1. The van der Waals surface area contributed by atoms with Gasteiger partial charge in [0.1, 0.15) is 5.82 Å². The molecule has 0 saturated heterocycles. The van der Waals surface area contributed by atoms with Crippen molar-refractivity contribution in [2.45, 2.75) is 12.6 Å². The van der Waals surface area contributed by atoms with Crippen molar-refractivity contribution in [3.8, 4) is 0 Å². The molecule has 0 saturated carbocycles. The maximum atomic E-state index is 13.0. The van der Waals surface area contributed by atoms with Crippen LogP contribution in [0.15, 0.2) is 24.3 Å². The van der Waals surface area contributed by atoms with Gasteiger partial charge in [-0.1, -0.05) is 18.2 Å². The zero-order chi connectivity index (χ0) is 10.4. The van der Waals surface area contributed by atoms with Crippen LogP contribution in [0.3, 0.4) is 0 Å². The van der Waals surface area contributed by atoms with Gasteiger partial charge in [-0.3, -0.25) is 0 Å². The maximum Gasteiger partial charge on any atom is 0.128 e. The molecular weight excluding hydrogens is 185 g/mol. The van der Waals surface area contributed by atoms with Gasteiger partial charge in [-0.2, -0.15) is 0 Å². The maximum absolute atomic E-state index is 13.0. The molecule has 1 atom stereocenters. The number of rotatable bonds is 5. The molecular formula is C10H14FNO2. The summed E-state index contributed by atoms with van der Waals surface area (Å²) >= 11 is 0. The first kappa shape index (κ1) is 11.1. The lowest BCUT2D eigenvalue weighted by atomic mass is 10.2. The third kappa shape index (κ3) is 3.41. The van der Waals surface area contributed by atoms with E-state index in [1.165, 1.54) is 6.07 Å². The Balaban J connectivity index is 2.35. The third-order valence-corrected chi connectivity index (χ3v) is 1.78. The second-order valence-corrected chi connectivity index (χ2v) is 3.05. The summed E-state index contributed by atoms with van der Waals surface area (Å²) in [7, 11) is 0. The predicted molar refractivity (Wildman–Crippen MR) is 51.1 cm³/mol. The van der Waals surface area contributed by atoms with Gasteiger partial charge < -0.3 is 15.6 Å². The Morgan fingerprint density at radius 3 is 2.79 bits per heavy atom. The molecule has 0 aliphatic rings. The smallest absolute Gasteiger partial charge is 0.128 e. The lowest BCUT2D eigenvalue weighted by molar-refractivity contribution is 0.0882. The number of ether oxygens (including phenoxy) is 1. The Labute approximate surface area is 82.3 Å². The molecule has 0 spiro atoms. The van der Waals surface area contributed by atoms with E-state index in [0.717, 1.165) is 0 Å². The van der Waals surface area contributed by atoms with Crippen LogP contribution in [-0.2, 0) is 11.3 Å². The molecule has 0 radical (unpaired) electrons. The first-order valence-corrected chi connectivity index (χ1v) is 4.41. The molecule has 0 fully saturated rings. The first-order chi connectivity index (χ1) is 6.74. The third-order valence-electron chi connectivity index (χ3n) is 1.78. The average molecular weight is 199 g/mol. The molecule has 3 N–H and O–H groups in total. The van der Waals surface area contributed by atoms with E-state index in [4.69, 9.17) is 15.6 Å². The highest BCUT2D eigenvalue weighted by molar-refractivity contribution is 5.16. The van der Waals surface area contributed by atoms with Gasteiger partial charge in [0.15, 0.2) is 0 Å². The minimum absolute atomic E-state index is 0.128. The fraction of sp³-hybridized carbons (Fsp3) is 0.400. The molecule has 0 heterocycles. The highest BCUT2D eigenvalue weighted by atomic mass is 19.1. The van der Waals surface area contributed by atoms with E-state index in [9.17, 15) is 4.39 Å². The van der Waals surface area contributed by atoms with Crippen LogP contribution in [0.4, 0.5) is 4.39 Å². The molecule has 0 aliphatic carbocycles. The Kier molecular flexibility index (Phi) is 4.52. The zero-order valence-electron chi connectivity index (χ0n) is 7.82. The standard InChI is InChI=1S/C10H14FNO2/c11-10-4-2-1-3-8(10)6-14-7-9(12)5-13/h1-4,9,13H,5-7,12H2/t9-/m1/s1. The summed E-state index contributed by atoms with van der Waals surface area (Å²) in [5.74, 6) is -0.287.